The Morgan fingerprint density at radius 1 is 0.500 bits per heavy atom. The number of aliphatic hydroxyl groups excluding tert-OH is 1. The van der Waals surface area contributed by atoms with E-state index in [0.717, 1.165) is 32.1 Å². The maximum atomic E-state index is 12.1. The largest absolute Gasteiger partial charge is 0.462 e. The van der Waals surface area contributed by atoms with Gasteiger partial charge in [-0.3, -0.25) is 9.59 Å². The molecule has 0 aliphatic rings. The third kappa shape index (κ3) is 33.5. The summed E-state index contributed by atoms with van der Waals surface area (Å²) in [6.45, 7) is 4.13. The molecule has 0 rings (SSSR count). The maximum absolute atomic E-state index is 12.1. The zero-order valence-corrected chi connectivity index (χ0v) is 29.4. The van der Waals surface area contributed by atoms with Crippen molar-refractivity contribution in [3.05, 3.63) is 12.2 Å². The summed E-state index contributed by atoms with van der Waals surface area (Å²) in [6, 6.07) is 0. The van der Waals surface area contributed by atoms with Gasteiger partial charge in [0.2, 0.25) is 0 Å². The molecule has 1 atom stereocenters. The van der Waals surface area contributed by atoms with Gasteiger partial charge in [0.1, 0.15) is 6.61 Å². The van der Waals surface area contributed by atoms with Gasteiger partial charge in [-0.05, 0) is 38.5 Å². The number of hydrogen-bond donors (Lipinski definition) is 1. The molecule has 0 heterocycles. The Kier molecular flexibility index (Phi) is 35.0. The number of ether oxygens (including phenoxy) is 2. The lowest BCUT2D eigenvalue weighted by Crippen LogP contribution is -2.28. The minimum atomic E-state index is -0.766. The highest BCUT2D eigenvalue weighted by Crippen LogP contribution is 2.15. The van der Waals surface area contributed by atoms with E-state index in [2.05, 4.69) is 26.0 Å². The summed E-state index contributed by atoms with van der Waals surface area (Å²) in [5.74, 6) is -0.586. The number of allylic oxidation sites excluding steroid dienone is 2. The summed E-state index contributed by atoms with van der Waals surface area (Å²) >= 11 is 0. The summed E-state index contributed by atoms with van der Waals surface area (Å²) < 4.78 is 10.6. The monoisotopic (exact) mass is 623 g/mol. The molecule has 0 spiro atoms. The molecule has 0 aromatic heterocycles. The van der Waals surface area contributed by atoms with Gasteiger partial charge in [-0.2, -0.15) is 0 Å². The standard InChI is InChI=1S/C39H74O5/c1-3-5-7-9-11-13-15-17-19-21-23-25-27-29-31-33-38(41)43-36-37(35-40)44-39(42)34-32-30-28-26-24-22-20-18-16-14-12-10-8-6-4-2/h14,16,37,40H,3-13,15,17-36H2,1-2H3/b16-14+/t37-/m0/s1. The summed E-state index contributed by atoms with van der Waals surface area (Å²) in [5.41, 5.74) is 0. The number of aliphatic hydroxyl groups is 1. The molecule has 0 aliphatic carbocycles. The lowest BCUT2D eigenvalue weighted by molar-refractivity contribution is -0.161. The molecule has 1 N–H and O–H groups in total. The molecular weight excluding hydrogens is 548 g/mol. The predicted octanol–water partition coefficient (Wildman–Crippen LogP) is 11.7. The second kappa shape index (κ2) is 36.1. The minimum Gasteiger partial charge on any atom is -0.462 e. The van der Waals surface area contributed by atoms with Crippen LogP contribution in [0.25, 0.3) is 0 Å². The molecule has 0 aromatic carbocycles. The van der Waals surface area contributed by atoms with E-state index in [1.54, 1.807) is 0 Å². The Balaban J connectivity index is 3.53. The SMILES string of the molecule is CCCCCC/C=C/CCCCCCCCCC(=O)O[C@@H](CO)COC(=O)CCCCCCCCCCCCCCCCC. The number of carbonyl (C=O) groups excluding carboxylic acids is 2. The lowest BCUT2D eigenvalue weighted by atomic mass is 10.0. The third-order valence-corrected chi connectivity index (χ3v) is 8.56. The summed E-state index contributed by atoms with van der Waals surface area (Å²) in [4.78, 5) is 24.2. The van der Waals surface area contributed by atoms with Gasteiger partial charge in [0.25, 0.3) is 0 Å². The lowest BCUT2D eigenvalue weighted by Gasteiger charge is -2.15. The van der Waals surface area contributed by atoms with Crippen molar-refractivity contribution in [2.45, 2.75) is 213 Å². The highest BCUT2D eigenvalue weighted by molar-refractivity contribution is 5.70. The quantitative estimate of drug-likeness (QED) is 0.0432. The number of carbonyl (C=O) groups is 2. The Morgan fingerprint density at radius 3 is 1.25 bits per heavy atom. The Labute approximate surface area is 273 Å². The molecule has 0 unspecified atom stereocenters. The molecule has 5 heteroatoms. The van der Waals surface area contributed by atoms with Gasteiger partial charge < -0.3 is 14.6 Å². The Morgan fingerprint density at radius 2 is 0.841 bits per heavy atom. The Bertz CT molecular complexity index is 632. The maximum Gasteiger partial charge on any atom is 0.306 e. The zero-order valence-electron chi connectivity index (χ0n) is 29.4. The average molecular weight is 623 g/mol. The van der Waals surface area contributed by atoms with Crippen LogP contribution in [0.5, 0.6) is 0 Å². The average Bonchev–Trinajstić information content (AvgIpc) is 3.02. The van der Waals surface area contributed by atoms with Crippen molar-refractivity contribution >= 4 is 11.9 Å². The van der Waals surface area contributed by atoms with Crippen molar-refractivity contribution < 1.29 is 24.2 Å². The predicted molar refractivity (Wildman–Crippen MR) is 187 cm³/mol. The fraction of sp³-hybridized carbons (Fsp3) is 0.897. The van der Waals surface area contributed by atoms with E-state index in [9.17, 15) is 14.7 Å². The van der Waals surface area contributed by atoms with Crippen molar-refractivity contribution in [2.75, 3.05) is 13.2 Å². The topological polar surface area (TPSA) is 72.8 Å². The molecule has 0 bridgehead atoms. The fourth-order valence-corrected chi connectivity index (χ4v) is 5.61. The van der Waals surface area contributed by atoms with Crippen LogP contribution in [0.3, 0.4) is 0 Å². The van der Waals surface area contributed by atoms with E-state index < -0.39 is 6.10 Å². The first-order chi connectivity index (χ1) is 21.6. The first-order valence-corrected chi connectivity index (χ1v) is 19.2. The fourth-order valence-electron chi connectivity index (χ4n) is 5.61. The van der Waals surface area contributed by atoms with Gasteiger partial charge in [-0.15, -0.1) is 0 Å². The second-order valence-corrected chi connectivity index (χ2v) is 13.0. The van der Waals surface area contributed by atoms with Crippen LogP contribution in [0.4, 0.5) is 0 Å². The van der Waals surface area contributed by atoms with Crippen LogP contribution in [0.1, 0.15) is 206 Å². The van der Waals surface area contributed by atoms with Crippen molar-refractivity contribution in [1.82, 2.24) is 0 Å². The van der Waals surface area contributed by atoms with E-state index in [4.69, 9.17) is 9.47 Å². The van der Waals surface area contributed by atoms with Gasteiger partial charge in [0.05, 0.1) is 6.61 Å². The molecule has 0 aromatic rings. The molecule has 0 saturated carbocycles. The highest BCUT2D eigenvalue weighted by Gasteiger charge is 2.16. The molecule has 0 saturated heterocycles. The molecular formula is C39H74O5. The number of hydrogen-bond acceptors (Lipinski definition) is 5. The summed E-state index contributed by atoms with van der Waals surface area (Å²) in [7, 11) is 0. The summed E-state index contributed by atoms with van der Waals surface area (Å²) in [5, 5.41) is 9.54. The molecule has 0 amide bonds. The Hall–Kier alpha value is -1.36. The molecule has 5 nitrogen and oxygen atoms in total. The first kappa shape index (κ1) is 42.6. The number of rotatable bonds is 35. The van der Waals surface area contributed by atoms with Crippen molar-refractivity contribution in [1.29, 1.82) is 0 Å². The minimum absolute atomic E-state index is 0.0616. The van der Waals surface area contributed by atoms with Crippen molar-refractivity contribution in [3.8, 4) is 0 Å². The van der Waals surface area contributed by atoms with Crippen LogP contribution in [0, 0.1) is 0 Å². The third-order valence-electron chi connectivity index (χ3n) is 8.56. The second-order valence-electron chi connectivity index (χ2n) is 13.0. The van der Waals surface area contributed by atoms with Gasteiger partial charge in [-0.1, -0.05) is 167 Å². The van der Waals surface area contributed by atoms with Crippen LogP contribution >= 0.6 is 0 Å². The van der Waals surface area contributed by atoms with E-state index in [1.807, 2.05) is 0 Å². The number of esters is 2. The molecule has 44 heavy (non-hydrogen) atoms. The summed E-state index contributed by atoms with van der Waals surface area (Å²) in [6.07, 6.45) is 39.8. The van der Waals surface area contributed by atoms with Gasteiger partial charge in [0.15, 0.2) is 6.10 Å². The van der Waals surface area contributed by atoms with Crippen molar-refractivity contribution in [2.24, 2.45) is 0 Å². The van der Waals surface area contributed by atoms with Gasteiger partial charge >= 0.3 is 11.9 Å². The van der Waals surface area contributed by atoms with E-state index in [-0.39, 0.29) is 25.2 Å². The normalized spacial score (nSPS) is 12.2. The molecule has 0 aliphatic heterocycles. The molecule has 260 valence electrons. The van der Waals surface area contributed by atoms with Crippen LogP contribution < -0.4 is 0 Å². The van der Waals surface area contributed by atoms with E-state index in [0.29, 0.717) is 12.8 Å². The number of unbranched alkanes of at least 4 members (excludes halogenated alkanes) is 25. The van der Waals surface area contributed by atoms with Crippen molar-refractivity contribution in [3.63, 3.8) is 0 Å². The van der Waals surface area contributed by atoms with Crippen LogP contribution in [-0.4, -0.2) is 36.4 Å². The van der Waals surface area contributed by atoms with Gasteiger partial charge in [-0.25, -0.2) is 0 Å². The van der Waals surface area contributed by atoms with E-state index >= 15 is 0 Å². The van der Waals surface area contributed by atoms with Gasteiger partial charge in [0, 0.05) is 12.8 Å². The highest BCUT2D eigenvalue weighted by atomic mass is 16.6. The smallest absolute Gasteiger partial charge is 0.306 e. The molecule has 0 radical (unpaired) electrons. The molecule has 0 fully saturated rings. The van der Waals surface area contributed by atoms with E-state index in [1.165, 1.54) is 148 Å². The van der Waals surface area contributed by atoms with Crippen LogP contribution in [0.2, 0.25) is 0 Å². The van der Waals surface area contributed by atoms with Crippen LogP contribution in [0.15, 0.2) is 12.2 Å². The van der Waals surface area contributed by atoms with Crippen LogP contribution in [-0.2, 0) is 19.1 Å². The first-order valence-electron chi connectivity index (χ1n) is 19.2. The zero-order chi connectivity index (χ0) is 32.2.